The van der Waals surface area contributed by atoms with Gasteiger partial charge in [-0.3, -0.25) is 0 Å². The molecule has 0 saturated carbocycles. The SMILES string of the molecule is O=C(OCc1ccccc1Cl)c1csc(-c2ccccc2)n1. The highest BCUT2D eigenvalue weighted by atomic mass is 35.5. The first-order valence-corrected chi connectivity index (χ1v) is 7.91. The van der Waals surface area contributed by atoms with E-state index in [1.54, 1.807) is 11.4 Å². The summed E-state index contributed by atoms with van der Waals surface area (Å²) < 4.78 is 5.26. The van der Waals surface area contributed by atoms with Gasteiger partial charge in [-0.05, 0) is 6.07 Å². The molecule has 5 heteroatoms. The maximum atomic E-state index is 12.1. The number of ether oxygens (including phenoxy) is 1. The summed E-state index contributed by atoms with van der Waals surface area (Å²) in [7, 11) is 0. The zero-order valence-corrected chi connectivity index (χ0v) is 13.1. The summed E-state index contributed by atoms with van der Waals surface area (Å²) in [6.07, 6.45) is 0. The van der Waals surface area contributed by atoms with Gasteiger partial charge in [0.15, 0.2) is 5.69 Å². The lowest BCUT2D eigenvalue weighted by molar-refractivity contribution is 0.0467. The molecule has 0 bridgehead atoms. The van der Waals surface area contributed by atoms with Gasteiger partial charge in [0, 0.05) is 21.5 Å². The number of esters is 1. The van der Waals surface area contributed by atoms with E-state index in [0.717, 1.165) is 16.1 Å². The molecule has 0 spiro atoms. The number of rotatable bonds is 4. The predicted molar refractivity (Wildman–Crippen MR) is 88.1 cm³/mol. The van der Waals surface area contributed by atoms with Crippen LogP contribution in [-0.2, 0) is 11.3 Å². The van der Waals surface area contributed by atoms with E-state index in [2.05, 4.69) is 4.98 Å². The topological polar surface area (TPSA) is 39.2 Å². The third kappa shape index (κ3) is 3.35. The van der Waals surface area contributed by atoms with E-state index in [9.17, 15) is 4.79 Å². The van der Waals surface area contributed by atoms with Gasteiger partial charge < -0.3 is 4.74 Å². The number of hydrogen-bond donors (Lipinski definition) is 0. The summed E-state index contributed by atoms with van der Waals surface area (Å²) in [6.45, 7) is 0.136. The second kappa shape index (κ2) is 6.73. The fourth-order valence-corrected chi connectivity index (χ4v) is 2.90. The van der Waals surface area contributed by atoms with Crippen molar-refractivity contribution in [3.05, 3.63) is 76.3 Å². The van der Waals surface area contributed by atoms with E-state index >= 15 is 0 Å². The molecule has 0 aliphatic heterocycles. The molecule has 0 unspecified atom stereocenters. The third-order valence-corrected chi connectivity index (χ3v) is 4.31. The Labute approximate surface area is 137 Å². The summed E-state index contributed by atoms with van der Waals surface area (Å²) in [5.41, 5.74) is 2.07. The van der Waals surface area contributed by atoms with E-state index < -0.39 is 5.97 Å². The monoisotopic (exact) mass is 329 g/mol. The highest BCUT2D eigenvalue weighted by molar-refractivity contribution is 7.13. The van der Waals surface area contributed by atoms with E-state index in [1.165, 1.54) is 11.3 Å². The van der Waals surface area contributed by atoms with Crippen LogP contribution in [-0.4, -0.2) is 11.0 Å². The molecule has 0 N–H and O–H groups in total. The van der Waals surface area contributed by atoms with E-state index in [1.807, 2.05) is 48.5 Å². The third-order valence-electron chi connectivity index (χ3n) is 3.05. The van der Waals surface area contributed by atoms with Crippen molar-refractivity contribution in [2.45, 2.75) is 6.61 Å². The maximum Gasteiger partial charge on any atom is 0.358 e. The Morgan fingerprint density at radius 3 is 2.59 bits per heavy atom. The summed E-state index contributed by atoms with van der Waals surface area (Å²) in [5, 5.41) is 3.08. The standard InChI is InChI=1S/C17H12ClNO2S/c18-14-9-5-4-8-13(14)10-21-17(20)15-11-22-16(19-15)12-6-2-1-3-7-12/h1-9,11H,10H2. The Balaban J connectivity index is 1.69. The Bertz CT molecular complexity index is 786. The van der Waals surface area contributed by atoms with Crippen LogP contribution in [0.4, 0.5) is 0 Å². The Morgan fingerprint density at radius 1 is 1.09 bits per heavy atom. The van der Waals surface area contributed by atoms with E-state index in [0.29, 0.717) is 10.7 Å². The van der Waals surface area contributed by atoms with Crippen LogP contribution in [0.15, 0.2) is 60.0 Å². The van der Waals surface area contributed by atoms with Gasteiger partial charge in [-0.2, -0.15) is 0 Å². The zero-order chi connectivity index (χ0) is 15.4. The fraction of sp³-hybridized carbons (Fsp3) is 0.0588. The molecule has 2 aromatic carbocycles. The van der Waals surface area contributed by atoms with Crippen LogP contribution < -0.4 is 0 Å². The van der Waals surface area contributed by atoms with Crippen molar-refractivity contribution in [2.24, 2.45) is 0 Å². The van der Waals surface area contributed by atoms with Crippen molar-refractivity contribution in [1.29, 1.82) is 0 Å². The molecule has 0 radical (unpaired) electrons. The molecule has 1 heterocycles. The van der Waals surface area contributed by atoms with Gasteiger partial charge in [0.25, 0.3) is 0 Å². The Kier molecular flexibility index (Phi) is 4.51. The average Bonchev–Trinajstić information content (AvgIpc) is 3.05. The first-order valence-electron chi connectivity index (χ1n) is 6.65. The van der Waals surface area contributed by atoms with Crippen LogP contribution in [0.1, 0.15) is 16.1 Å². The van der Waals surface area contributed by atoms with Crippen molar-refractivity contribution in [3.63, 3.8) is 0 Å². The number of nitrogens with zero attached hydrogens (tertiary/aromatic N) is 1. The molecule has 0 aliphatic carbocycles. The minimum absolute atomic E-state index is 0.136. The highest BCUT2D eigenvalue weighted by Crippen LogP contribution is 2.24. The van der Waals surface area contributed by atoms with Crippen LogP contribution in [0.25, 0.3) is 10.6 Å². The second-order valence-electron chi connectivity index (χ2n) is 4.57. The summed E-state index contributed by atoms with van der Waals surface area (Å²) in [5.74, 6) is -0.446. The minimum atomic E-state index is -0.446. The molecule has 1 aromatic heterocycles. The first-order chi connectivity index (χ1) is 10.7. The Hall–Kier alpha value is -2.17. The van der Waals surface area contributed by atoms with Crippen molar-refractivity contribution in [2.75, 3.05) is 0 Å². The first kappa shape index (κ1) is 14.8. The predicted octanol–water partition coefficient (Wildman–Crippen LogP) is 4.82. The highest BCUT2D eigenvalue weighted by Gasteiger charge is 2.13. The zero-order valence-electron chi connectivity index (χ0n) is 11.5. The summed E-state index contributed by atoms with van der Waals surface area (Å²) in [6, 6.07) is 17.0. The normalized spacial score (nSPS) is 10.4. The van der Waals surface area contributed by atoms with E-state index in [4.69, 9.17) is 16.3 Å². The smallest absolute Gasteiger partial charge is 0.358 e. The van der Waals surface area contributed by atoms with Crippen LogP contribution >= 0.6 is 22.9 Å². The number of benzene rings is 2. The van der Waals surface area contributed by atoms with Crippen molar-refractivity contribution in [1.82, 2.24) is 4.98 Å². The van der Waals surface area contributed by atoms with E-state index in [-0.39, 0.29) is 6.61 Å². The Morgan fingerprint density at radius 2 is 1.82 bits per heavy atom. The lowest BCUT2D eigenvalue weighted by atomic mass is 10.2. The molecule has 0 fully saturated rings. The van der Waals surface area contributed by atoms with Crippen LogP contribution in [0.3, 0.4) is 0 Å². The van der Waals surface area contributed by atoms with Gasteiger partial charge in [-0.25, -0.2) is 9.78 Å². The second-order valence-corrected chi connectivity index (χ2v) is 5.84. The lowest BCUT2D eigenvalue weighted by Crippen LogP contribution is -2.05. The van der Waals surface area contributed by atoms with Gasteiger partial charge in [0.2, 0.25) is 0 Å². The molecule has 0 atom stereocenters. The van der Waals surface area contributed by atoms with Gasteiger partial charge in [-0.1, -0.05) is 60.1 Å². The number of halogens is 1. The number of carbonyl (C=O) groups excluding carboxylic acids is 1. The molecular formula is C17H12ClNO2S. The summed E-state index contributed by atoms with van der Waals surface area (Å²) >= 11 is 7.45. The van der Waals surface area contributed by atoms with Gasteiger partial charge in [0.05, 0.1) is 0 Å². The molecule has 3 nitrogen and oxygen atoms in total. The quantitative estimate of drug-likeness (QED) is 0.644. The molecule has 0 amide bonds. The molecule has 110 valence electrons. The molecule has 22 heavy (non-hydrogen) atoms. The van der Waals surface area contributed by atoms with Crippen molar-refractivity contribution < 1.29 is 9.53 Å². The molecule has 3 aromatic rings. The number of thiazole rings is 1. The molecule has 0 saturated heterocycles. The molecule has 0 aliphatic rings. The number of aromatic nitrogens is 1. The van der Waals surface area contributed by atoms with Crippen molar-refractivity contribution >= 4 is 28.9 Å². The van der Waals surface area contributed by atoms with Gasteiger partial charge in [0.1, 0.15) is 11.6 Å². The number of carbonyl (C=O) groups is 1. The maximum absolute atomic E-state index is 12.1. The van der Waals surface area contributed by atoms with Crippen LogP contribution in [0.5, 0.6) is 0 Å². The largest absolute Gasteiger partial charge is 0.456 e. The number of hydrogen-bond acceptors (Lipinski definition) is 4. The van der Waals surface area contributed by atoms with Crippen LogP contribution in [0.2, 0.25) is 5.02 Å². The average molecular weight is 330 g/mol. The van der Waals surface area contributed by atoms with Crippen LogP contribution in [0, 0.1) is 0 Å². The minimum Gasteiger partial charge on any atom is -0.456 e. The lowest BCUT2D eigenvalue weighted by Gasteiger charge is -2.04. The van der Waals surface area contributed by atoms with Gasteiger partial charge >= 0.3 is 5.97 Å². The summed E-state index contributed by atoms with van der Waals surface area (Å²) in [4.78, 5) is 16.4. The molecule has 3 rings (SSSR count). The molecular weight excluding hydrogens is 318 g/mol. The fourth-order valence-electron chi connectivity index (χ4n) is 1.91. The van der Waals surface area contributed by atoms with Gasteiger partial charge in [-0.15, -0.1) is 11.3 Å². The van der Waals surface area contributed by atoms with Crippen molar-refractivity contribution in [3.8, 4) is 10.6 Å².